The van der Waals surface area contributed by atoms with Gasteiger partial charge in [0.25, 0.3) is 0 Å². The number of nitrogens with one attached hydrogen (secondary N) is 1. The van der Waals surface area contributed by atoms with Gasteiger partial charge < -0.3 is 5.32 Å². The molecular weight excluding hydrogens is 336 g/mol. The first kappa shape index (κ1) is 18.3. The number of carbonyl (C=O) groups excluding carboxylic acids is 1. The number of amides is 1. The summed E-state index contributed by atoms with van der Waals surface area (Å²) in [6.45, 7) is 5.82. The van der Waals surface area contributed by atoms with Crippen molar-refractivity contribution in [1.82, 2.24) is 19.4 Å². The fraction of sp³-hybridized carbons (Fsp3) is 0.714. The van der Waals surface area contributed by atoms with Crippen molar-refractivity contribution in [2.24, 2.45) is 0 Å². The summed E-state index contributed by atoms with van der Waals surface area (Å²) in [4.78, 5) is 11.9. The summed E-state index contributed by atoms with van der Waals surface area (Å²) < 4.78 is 26.8. The van der Waals surface area contributed by atoms with E-state index >= 15 is 0 Å². The Kier molecular flexibility index (Phi) is 6.10. The molecule has 0 bridgehead atoms. The van der Waals surface area contributed by atoms with Gasteiger partial charge in [-0.1, -0.05) is 6.92 Å². The number of thioether (sulfide) groups is 1. The fourth-order valence-electron chi connectivity index (χ4n) is 2.51. The normalized spacial score (nSPS) is 17.3. The van der Waals surface area contributed by atoms with E-state index in [2.05, 4.69) is 10.4 Å². The van der Waals surface area contributed by atoms with Crippen LogP contribution >= 0.6 is 11.8 Å². The molecule has 1 aliphatic heterocycles. The Hall–Kier alpha value is -1.06. The standard InChI is InChI=1S/C14H24N4O3S2/c1-4-22-11(2)14(19)15-9-12-8-13-10-17(23(3,20)21)6-5-7-18(13)16-12/h8,11H,4-7,9-10H2,1-3H3,(H,15,19)/t11-/m0/s1. The van der Waals surface area contributed by atoms with Gasteiger partial charge in [0, 0.05) is 13.1 Å². The Labute approximate surface area is 141 Å². The van der Waals surface area contributed by atoms with E-state index in [1.54, 1.807) is 11.8 Å². The Morgan fingerprint density at radius 2 is 2.22 bits per heavy atom. The second-order valence-electron chi connectivity index (χ2n) is 5.62. The third-order valence-electron chi connectivity index (χ3n) is 3.73. The maximum absolute atomic E-state index is 11.9. The van der Waals surface area contributed by atoms with Gasteiger partial charge in [-0.3, -0.25) is 9.48 Å². The Bertz CT molecular complexity index is 657. The van der Waals surface area contributed by atoms with Crippen LogP contribution in [0.15, 0.2) is 6.07 Å². The number of aromatic nitrogens is 2. The lowest BCUT2D eigenvalue weighted by Crippen LogP contribution is -2.30. The van der Waals surface area contributed by atoms with Crippen LogP contribution in [-0.4, -0.2) is 52.2 Å². The molecule has 0 aromatic carbocycles. The highest BCUT2D eigenvalue weighted by atomic mass is 32.2. The summed E-state index contributed by atoms with van der Waals surface area (Å²) >= 11 is 1.60. The van der Waals surface area contributed by atoms with Crippen molar-refractivity contribution in [2.75, 3.05) is 18.6 Å². The maximum Gasteiger partial charge on any atom is 0.233 e. The minimum atomic E-state index is -3.21. The molecule has 2 heterocycles. The summed E-state index contributed by atoms with van der Waals surface area (Å²) in [5.74, 6) is 0.895. The molecule has 0 spiro atoms. The zero-order valence-corrected chi connectivity index (χ0v) is 15.4. The molecule has 2 rings (SSSR count). The Morgan fingerprint density at radius 1 is 1.48 bits per heavy atom. The Morgan fingerprint density at radius 3 is 2.87 bits per heavy atom. The average Bonchev–Trinajstić information content (AvgIpc) is 2.74. The van der Waals surface area contributed by atoms with Crippen LogP contribution in [0.2, 0.25) is 0 Å². The highest BCUT2D eigenvalue weighted by Gasteiger charge is 2.23. The van der Waals surface area contributed by atoms with Crippen LogP contribution < -0.4 is 5.32 Å². The molecule has 1 aliphatic rings. The van der Waals surface area contributed by atoms with Gasteiger partial charge >= 0.3 is 0 Å². The van der Waals surface area contributed by atoms with Crippen molar-refractivity contribution in [2.45, 2.75) is 45.2 Å². The molecule has 0 aliphatic carbocycles. The second kappa shape index (κ2) is 7.67. The Balaban J connectivity index is 2.01. The highest BCUT2D eigenvalue weighted by molar-refractivity contribution is 8.00. The van der Waals surface area contributed by atoms with Gasteiger partial charge in [-0.15, -0.1) is 11.8 Å². The minimum absolute atomic E-state index is 0.00203. The number of aryl methyl sites for hydroxylation is 1. The molecule has 23 heavy (non-hydrogen) atoms. The lowest BCUT2D eigenvalue weighted by molar-refractivity contribution is -0.120. The summed E-state index contributed by atoms with van der Waals surface area (Å²) in [6.07, 6.45) is 1.96. The lowest BCUT2D eigenvalue weighted by Gasteiger charge is -2.16. The lowest BCUT2D eigenvalue weighted by atomic mass is 10.3. The zero-order valence-electron chi connectivity index (χ0n) is 13.8. The van der Waals surface area contributed by atoms with Gasteiger partial charge in [0.2, 0.25) is 15.9 Å². The molecule has 1 aromatic rings. The molecule has 130 valence electrons. The predicted molar refractivity (Wildman–Crippen MR) is 91.5 cm³/mol. The van der Waals surface area contributed by atoms with Gasteiger partial charge in [-0.05, 0) is 25.2 Å². The van der Waals surface area contributed by atoms with Crippen LogP contribution in [0.4, 0.5) is 0 Å². The van der Waals surface area contributed by atoms with Crippen molar-refractivity contribution in [3.8, 4) is 0 Å². The number of nitrogens with zero attached hydrogens (tertiary/aromatic N) is 3. The van der Waals surface area contributed by atoms with Crippen LogP contribution in [-0.2, 0) is 34.5 Å². The topological polar surface area (TPSA) is 84.3 Å². The molecule has 1 atom stereocenters. The van der Waals surface area contributed by atoms with Crippen molar-refractivity contribution in [3.63, 3.8) is 0 Å². The van der Waals surface area contributed by atoms with E-state index < -0.39 is 10.0 Å². The van der Waals surface area contributed by atoms with Crippen molar-refractivity contribution >= 4 is 27.7 Å². The van der Waals surface area contributed by atoms with Crippen LogP contribution in [0, 0.1) is 0 Å². The van der Waals surface area contributed by atoms with Crippen molar-refractivity contribution in [3.05, 3.63) is 17.5 Å². The van der Waals surface area contributed by atoms with Crippen LogP contribution in [0.3, 0.4) is 0 Å². The van der Waals surface area contributed by atoms with Crippen molar-refractivity contribution < 1.29 is 13.2 Å². The molecule has 1 N–H and O–H groups in total. The molecule has 0 unspecified atom stereocenters. The van der Waals surface area contributed by atoms with Gasteiger partial charge in [0.15, 0.2) is 0 Å². The third kappa shape index (κ3) is 4.95. The summed E-state index contributed by atoms with van der Waals surface area (Å²) in [6, 6.07) is 1.88. The smallest absolute Gasteiger partial charge is 0.233 e. The summed E-state index contributed by atoms with van der Waals surface area (Å²) in [5.41, 5.74) is 1.63. The monoisotopic (exact) mass is 360 g/mol. The zero-order chi connectivity index (χ0) is 17.0. The minimum Gasteiger partial charge on any atom is -0.349 e. The molecule has 0 radical (unpaired) electrons. The molecule has 0 saturated heterocycles. The van der Waals surface area contributed by atoms with E-state index in [-0.39, 0.29) is 11.2 Å². The maximum atomic E-state index is 11.9. The number of rotatable bonds is 6. The average molecular weight is 361 g/mol. The van der Waals surface area contributed by atoms with E-state index in [0.717, 1.165) is 23.6 Å². The molecule has 7 nitrogen and oxygen atoms in total. The highest BCUT2D eigenvalue weighted by Crippen LogP contribution is 2.16. The second-order valence-corrected chi connectivity index (χ2v) is 9.22. The number of carbonyl (C=O) groups is 1. The molecule has 1 amide bonds. The first-order valence-electron chi connectivity index (χ1n) is 7.71. The summed E-state index contributed by atoms with van der Waals surface area (Å²) in [7, 11) is -3.21. The first-order chi connectivity index (χ1) is 10.8. The fourth-order valence-corrected chi connectivity index (χ4v) is 4.07. The van der Waals surface area contributed by atoms with Gasteiger partial charge in [0.05, 0.1) is 36.0 Å². The number of hydrogen-bond donors (Lipinski definition) is 1. The molecule has 9 heteroatoms. The van der Waals surface area contributed by atoms with Crippen molar-refractivity contribution in [1.29, 1.82) is 0 Å². The van der Waals surface area contributed by atoms with Gasteiger partial charge in [-0.2, -0.15) is 9.40 Å². The van der Waals surface area contributed by atoms with E-state index in [0.29, 0.717) is 26.2 Å². The van der Waals surface area contributed by atoms with E-state index in [1.165, 1.54) is 10.6 Å². The molecule has 0 saturated carbocycles. The predicted octanol–water partition coefficient (Wildman–Crippen LogP) is 0.806. The molecule has 1 aromatic heterocycles. The van der Waals surface area contributed by atoms with E-state index in [9.17, 15) is 13.2 Å². The van der Waals surface area contributed by atoms with E-state index in [4.69, 9.17) is 0 Å². The molecule has 0 fully saturated rings. The van der Waals surface area contributed by atoms with Crippen LogP contribution in [0.1, 0.15) is 31.7 Å². The number of sulfonamides is 1. The number of hydrogen-bond acceptors (Lipinski definition) is 5. The van der Waals surface area contributed by atoms with Gasteiger partial charge in [-0.25, -0.2) is 8.42 Å². The quantitative estimate of drug-likeness (QED) is 0.811. The number of fused-ring (bicyclic) bond motifs is 1. The first-order valence-corrected chi connectivity index (χ1v) is 10.6. The third-order valence-corrected chi connectivity index (χ3v) is 6.03. The largest absolute Gasteiger partial charge is 0.349 e. The van der Waals surface area contributed by atoms with Crippen LogP contribution in [0.25, 0.3) is 0 Å². The van der Waals surface area contributed by atoms with Gasteiger partial charge in [0.1, 0.15) is 0 Å². The van der Waals surface area contributed by atoms with E-state index in [1.807, 2.05) is 24.6 Å². The molecular formula is C14H24N4O3S2. The van der Waals surface area contributed by atoms with Crippen LogP contribution in [0.5, 0.6) is 0 Å². The summed E-state index contributed by atoms with van der Waals surface area (Å²) in [5, 5.41) is 7.28. The SMILES string of the molecule is CCS[C@@H](C)C(=O)NCc1cc2n(n1)CCCN(S(C)(=O)=O)C2.